The van der Waals surface area contributed by atoms with E-state index in [1.54, 1.807) is 19.1 Å². The van der Waals surface area contributed by atoms with Crippen molar-refractivity contribution < 1.29 is 27.4 Å². The lowest BCUT2D eigenvalue weighted by molar-refractivity contribution is -0.117. The molecule has 1 saturated carbocycles. The first-order chi connectivity index (χ1) is 19.6. The van der Waals surface area contributed by atoms with Crippen LogP contribution in [0.1, 0.15) is 62.5 Å². The van der Waals surface area contributed by atoms with Crippen molar-refractivity contribution in [3.8, 4) is 0 Å². The van der Waals surface area contributed by atoms with Crippen LogP contribution in [0.2, 0.25) is 5.02 Å². The molecule has 4 rings (SSSR count). The van der Waals surface area contributed by atoms with Gasteiger partial charge in [0, 0.05) is 55.0 Å². The van der Waals surface area contributed by atoms with Gasteiger partial charge in [-0.05, 0) is 87.1 Å². The van der Waals surface area contributed by atoms with E-state index in [1.807, 2.05) is 24.3 Å². The van der Waals surface area contributed by atoms with E-state index in [0.717, 1.165) is 18.4 Å². The first-order valence-electron chi connectivity index (χ1n) is 14.4. The molecule has 1 aliphatic carbocycles. The predicted molar refractivity (Wildman–Crippen MR) is 159 cm³/mol. The third kappa shape index (κ3) is 9.73. The van der Waals surface area contributed by atoms with E-state index in [9.17, 15) is 18.3 Å². The molecule has 11 heteroatoms. The van der Waals surface area contributed by atoms with Gasteiger partial charge in [-0.1, -0.05) is 29.8 Å². The topological polar surface area (TPSA) is 117 Å². The second-order valence-corrected chi connectivity index (χ2v) is 13.7. The molecule has 1 amide bonds. The highest BCUT2D eigenvalue weighted by atomic mass is 35.5. The van der Waals surface area contributed by atoms with Crippen LogP contribution in [0.3, 0.4) is 0 Å². The maximum absolute atomic E-state index is 15.1. The van der Waals surface area contributed by atoms with Crippen molar-refractivity contribution in [1.29, 1.82) is 0 Å². The standard InChI is InChI=1S/C30H41ClFN3O5S/c1-20(36)18-33-19-24(35-41(38,39)25-10-11-25)9-12-26-28(32)3-2-4-29(26)34-30(37)17-27(22-13-15-40-16-14-22)21-5-7-23(31)8-6-21/h2-8,20,22,24-25,27,33,35-36H,9-19H2,1H3,(H,34,37)/t20-,24+,27?/m1/s1. The minimum absolute atomic E-state index is 0.0330. The number of hydrogen-bond donors (Lipinski definition) is 4. The van der Waals surface area contributed by atoms with Crippen molar-refractivity contribution >= 4 is 33.2 Å². The van der Waals surface area contributed by atoms with Crippen molar-refractivity contribution in [2.45, 2.75) is 75.2 Å². The quantitative estimate of drug-likeness (QED) is 0.238. The molecule has 1 heterocycles. The first kappa shape index (κ1) is 31.8. The Kier molecular flexibility index (Phi) is 11.6. The van der Waals surface area contributed by atoms with E-state index in [1.165, 1.54) is 6.07 Å². The summed E-state index contributed by atoms with van der Waals surface area (Å²) in [5.41, 5.74) is 1.75. The van der Waals surface area contributed by atoms with Crippen LogP contribution < -0.4 is 15.4 Å². The monoisotopic (exact) mass is 609 g/mol. The molecule has 0 bridgehead atoms. The van der Waals surface area contributed by atoms with Crippen molar-refractivity contribution in [2.24, 2.45) is 5.92 Å². The summed E-state index contributed by atoms with van der Waals surface area (Å²) in [5.74, 6) is -0.429. The Balaban J connectivity index is 1.45. The van der Waals surface area contributed by atoms with E-state index < -0.39 is 28.0 Å². The molecule has 0 aromatic heterocycles. The molecule has 1 saturated heterocycles. The van der Waals surface area contributed by atoms with Crippen LogP contribution in [-0.4, -0.2) is 63.1 Å². The number of halogens is 2. The number of sulfonamides is 1. The lowest BCUT2D eigenvalue weighted by Gasteiger charge is -2.30. The fourth-order valence-corrected chi connectivity index (χ4v) is 7.15. The molecule has 41 heavy (non-hydrogen) atoms. The van der Waals surface area contributed by atoms with Crippen LogP contribution in [0.15, 0.2) is 42.5 Å². The summed E-state index contributed by atoms with van der Waals surface area (Å²) >= 11 is 6.11. The van der Waals surface area contributed by atoms with Gasteiger partial charge in [-0.3, -0.25) is 4.79 Å². The number of carbonyl (C=O) groups excluding carboxylic acids is 1. The highest BCUT2D eigenvalue weighted by Gasteiger charge is 2.37. The van der Waals surface area contributed by atoms with Gasteiger partial charge in [-0.15, -0.1) is 0 Å². The van der Waals surface area contributed by atoms with Gasteiger partial charge >= 0.3 is 0 Å². The molecule has 2 aliphatic rings. The smallest absolute Gasteiger partial charge is 0.225 e. The second-order valence-electron chi connectivity index (χ2n) is 11.2. The molecule has 226 valence electrons. The van der Waals surface area contributed by atoms with Gasteiger partial charge in [0.25, 0.3) is 0 Å². The van der Waals surface area contributed by atoms with Gasteiger partial charge in [0.05, 0.1) is 11.4 Å². The minimum Gasteiger partial charge on any atom is -0.392 e. The SMILES string of the molecule is C[C@@H](O)CNC[C@H](CCc1c(F)cccc1NC(=O)CC(c1ccc(Cl)cc1)C1CCOCC1)NS(=O)(=O)C1CC1. The number of aliphatic hydroxyl groups is 1. The Hall–Kier alpha value is -2.08. The van der Waals surface area contributed by atoms with Crippen molar-refractivity contribution in [1.82, 2.24) is 10.0 Å². The molecule has 2 aromatic carbocycles. The number of benzene rings is 2. The first-order valence-corrected chi connectivity index (χ1v) is 16.3. The summed E-state index contributed by atoms with van der Waals surface area (Å²) in [4.78, 5) is 13.4. The molecule has 2 aromatic rings. The van der Waals surface area contributed by atoms with E-state index in [2.05, 4.69) is 15.4 Å². The third-order valence-electron chi connectivity index (χ3n) is 7.80. The Labute approximate surface area is 247 Å². The molecule has 8 nitrogen and oxygen atoms in total. The molecule has 1 aliphatic heterocycles. The number of amides is 1. The molecular formula is C30H41ClFN3O5S. The average molecular weight is 610 g/mol. The fraction of sp³-hybridized carbons (Fsp3) is 0.567. The summed E-state index contributed by atoms with van der Waals surface area (Å²) in [7, 11) is -3.47. The van der Waals surface area contributed by atoms with Gasteiger partial charge in [0.15, 0.2) is 0 Å². The molecule has 0 spiro atoms. The van der Waals surface area contributed by atoms with E-state index in [-0.39, 0.29) is 35.8 Å². The fourth-order valence-electron chi connectivity index (χ4n) is 5.41. The number of rotatable bonds is 15. The summed E-state index contributed by atoms with van der Waals surface area (Å²) in [6.45, 7) is 3.56. The van der Waals surface area contributed by atoms with Crippen molar-refractivity contribution in [3.05, 3.63) is 64.4 Å². The molecule has 4 N–H and O–H groups in total. The van der Waals surface area contributed by atoms with Crippen molar-refractivity contribution in [2.75, 3.05) is 31.6 Å². The number of anilines is 1. The van der Waals surface area contributed by atoms with E-state index in [4.69, 9.17) is 16.3 Å². The van der Waals surface area contributed by atoms with Gasteiger partial charge in [0.2, 0.25) is 15.9 Å². The Bertz CT molecular complexity index is 1250. The van der Waals surface area contributed by atoms with Crippen LogP contribution in [0.5, 0.6) is 0 Å². The van der Waals surface area contributed by atoms with Gasteiger partial charge in [-0.25, -0.2) is 17.5 Å². The number of nitrogens with one attached hydrogen (secondary N) is 3. The van der Waals surface area contributed by atoms with Gasteiger partial charge in [0.1, 0.15) is 5.82 Å². The van der Waals surface area contributed by atoms with Gasteiger partial charge in [-0.2, -0.15) is 0 Å². The lowest BCUT2D eigenvalue weighted by Crippen LogP contribution is -2.44. The zero-order chi connectivity index (χ0) is 29.4. The maximum Gasteiger partial charge on any atom is 0.225 e. The summed E-state index contributed by atoms with van der Waals surface area (Å²) in [6, 6.07) is 11.7. The van der Waals surface area contributed by atoms with E-state index >= 15 is 4.39 Å². The summed E-state index contributed by atoms with van der Waals surface area (Å²) in [6.07, 6.45) is 3.17. The molecule has 3 atom stereocenters. The van der Waals surface area contributed by atoms with Crippen LogP contribution in [-0.2, 0) is 26.0 Å². The summed E-state index contributed by atoms with van der Waals surface area (Å²) in [5, 5.41) is 15.9. The predicted octanol–water partition coefficient (Wildman–Crippen LogP) is 4.37. The molecule has 2 fully saturated rings. The number of carbonyl (C=O) groups is 1. The van der Waals surface area contributed by atoms with Crippen molar-refractivity contribution in [3.63, 3.8) is 0 Å². The third-order valence-corrected chi connectivity index (χ3v) is 10.1. The highest BCUT2D eigenvalue weighted by Crippen LogP contribution is 2.36. The van der Waals surface area contributed by atoms with Gasteiger partial charge < -0.3 is 20.5 Å². The molecule has 0 radical (unpaired) electrons. The number of hydrogen-bond acceptors (Lipinski definition) is 6. The van der Waals surface area contributed by atoms with Crippen LogP contribution >= 0.6 is 11.6 Å². The Morgan fingerprint density at radius 2 is 1.80 bits per heavy atom. The number of ether oxygens (including phenoxy) is 1. The molecular weight excluding hydrogens is 569 g/mol. The zero-order valence-corrected chi connectivity index (χ0v) is 25.0. The highest BCUT2D eigenvalue weighted by molar-refractivity contribution is 7.90. The van der Waals surface area contributed by atoms with Crippen LogP contribution in [0, 0.1) is 11.7 Å². The maximum atomic E-state index is 15.1. The normalized spacial score (nSPS) is 18.5. The second kappa shape index (κ2) is 14.9. The molecule has 1 unspecified atom stereocenters. The number of aliphatic hydroxyl groups excluding tert-OH is 1. The minimum atomic E-state index is -3.47. The Morgan fingerprint density at radius 3 is 2.46 bits per heavy atom. The lowest BCUT2D eigenvalue weighted by atomic mass is 9.79. The van der Waals surface area contributed by atoms with Crippen LogP contribution in [0.25, 0.3) is 0 Å². The van der Waals surface area contributed by atoms with Crippen LogP contribution in [0.4, 0.5) is 10.1 Å². The Morgan fingerprint density at radius 1 is 1.10 bits per heavy atom. The average Bonchev–Trinajstić information content (AvgIpc) is 3.79. The zero-order valence-electron chi connectivity index (χ0n) is 23.5. The van der Waals surface area contributed by atoms with E-state index in [0.29, 0.717) is 61.8 Å². The largest absolute Gasteiger partial charge is 0.392 e. The summed E-state index contributed by atoms with van der Waals surface area (Å²) < 4.78 is 48.6.